The average Bonchev–Trinajstić information content (AvgIpc) is 2.71. The Morgan fingerprint density at radius 3 is 2.16 bits per heavy atom. The van der Waals surface area contributed by atoms with Crippen molar-refractivity contribution in [1.29, 1.82) is 0 Å². The van der Waals surface area contributed by atoms with Crippen molar-refractivity contribution < 1.29 is 18.3 Å². The summed E-state index contributed by atoms with van der Waals surface area (Å²) in [5, 5.41) is 15.5. The van der Waals surface area contributed by atoms with Crippen LogP contribution in [0.1, 0.15) is 18.6 Å². The third kappa shape index (κ3) is 6.11. The number of nitrogens with one attached hydrogen (secondary N) is 3. The summed E-state index contributed by atoms with van der Waals surface area (Å²) in [6.07, 6.45) is -0.656. The van der Waals surface area contributed by atoms with Crippen LogP contribution >= 0.6 is 23.2 Å². The van der Waals surface area contributed by atoms with Gasteiger partial charge in [0.1, 0.15) is 0 Å². The third-order valence-electron chi connectivity index (χ3n) is 4.22. The molecule has 1 unspecified atom stereocenters. The Morgan fingerprint density at radius 1 is 0.871 bits per heavy atom. The summed E-state index contributed by atoms with van der Waals surface area (Å²) in [5.74, 6) is 0. The number of rotatable bonds is 6. The maximum Gasteiger partial charge on any atom is 0.323 e. The minimum absolute atomic E-state index is 0.00849. The molecule has 0 aliphatic heterocycles. The number of aliphatic hydroxyl groups excluding tert-OH is 1. The first-order chi connectivity index (χ1) is 14.6. The molecule has 0 aliphatic carbocycles. The normalized spacial score (nSPS) is 12.1. The van der Waals surface area contributed by atoms with E-state index in [0.29, 0.717) is 22.0 Å². The lowest BCUT2D eigenvalue weighted by Crippen LogP contribution is -2.19. The molecule has 0 aliphatic rings. The van der Waals surface area contributed by atoms with Crippen LogP contribution < -0.4 is 15.4 Å². The van der Waals surface area contributed by atoms with E-state index >= 15 is 0 Å². The van der Waals surface area contributed by atoms with Gasteiger partial charge in [-0.15, -0.1) is 0 Å². The second-order valence-electron chi connectivity index (χ2n) is 6.64. The molecule has 10 heteroatoms. The second-order valence-corrected chi connectivity index (χ2v) is 9.14. The lowest BCUT2D eigenvalue weighted by molar-refractivity contribution is 0.199. The first-order valence-electron chi connectivity index (χ1n) is 9.08. The number of hydrogen-bond donors (Lipinski definition) is 4. The van der Waals surface area contributed by atoms with E-state index in [-0.39, 0.29) is 15.6 Å². The summed E-state index contributed by atoms with van der Waals surface area (Å²) in [6, 6.07) is 16.4. The number of urea groups is 1. The number of anilines is 3. The second kappa shape index (κ2) is 9.57. The average molecular weight is 480 g/mol. The molecule has 162 valence electrons. The van der Waals surface area contributed by atoms with Gasteiger partial charge in [-0.25, -0.2) is 13.2 Å². The van der Waals surface area contributed by atoms with Crippen LogP contribution in [0.3, 0.4) is 0 Å². The number of hydrogen-bond acceptors (Lipinski definition) is 4. The highest BCUT2D eigenvalue weighted by Crippen LogP contribution is 2.27. The molecule has 2 amide bonds. The number of halogens is 2. The lowest BCUT2D eigenvalue weighted by Gasteiger charge is -2.11. The minimum Gasteiger partial charge on any atom is -0.389 e. The predicted molar refractivity (Wildman–Crippen MR) is 123 cm³/mol. The minimum atomic E-state index is -3.85. The van der Waals surface area contributed by atoms with Crippen molar-refractivity contribution in [2.24, 2.45) is 0 Å². The molecular weight excluding hydrogens is 461 g/mol. The van der Waals surface area contributed by atoms with E-state index in [4.69, 9.17) is 23.2 Å². The molecule has 0 aromatic heterocycles. The molecule has 0 bridgehead atoms. The van der Waals surface area contributed by atoms with Crippen LogP contribution in [-0.2, 0) is 10.0 Å². The molecule has 31 heavy (non-hydrogen) atoms. The molecule has 1 atom stereocenters. The van der Waals surface area contributed by atoms with E-state index in [0.717, 1.165) is 0 Å². The van der Waals surface area contributed by atoms with Gasteiger partial charge in [-0.05, 0) is 67.1 Å². The van der Waals surface area contributed by atoms with E-state index in [1.165, 1.54) is 42.5 Å². The van der Waals surface area contributed by atoms with Gasteiger partial charge < -0.3 is 15.7 Å². The molecule has 4 N–H and O–H groups in total. The number of carbonyl (C=O) groups excluding carboxylic acids is 1. The first-order valence-corrected chi connectivity index (χ1v) is 11.3. The Morgan fingerprint density at radius 2 is 1.52 bits per heavy atom. The number of sulfonamides is 1. The van der Waals surface area contributed by atoms with E-state index < -0.39 is 22.2 Å². The van der Waals surface area contributed by atoms with Gasteiger partial charge in [-0.2, -0.15) is 0 Å². The Hall–Kier alpha value is -2.78. The number of aliphatic hydroxyl groups is 1. The van der Waals surface area contributed by atoms with Gasteiger partial charge >= 0.3 is 6.03 Å². The van der Waals surface area contributed by atoms with Crippen molar-refractivity contribution >= 4 is 56.3 Å². The van der Waals surface area contributed by atoms with Crippen molar-refractivity contribution in [3.8, 4) is 0 Å². The molecular formula is C21H19Cl2N3O4S. The highest BCUT2D eigenvalue weighted by molar-refractivity contribution is 7.92. The van der Waals surface area contributed by atoms with Crippen molar-refractivity contribution in [2.75, 3.05) is 15.4 Å². The fraction of sp³-hybridized carbons (Fsp3) is 0.0952. The Balaban J connectivity index is 1.65. The van der Waals surface area contributed by atoms with Crippen molar-refractivity contribution in [1.82, 2.24) is 0 Å². The van der Waals surface area contributed by atoms with Gasteiger partial charge in [0.05, 0.1) is 26.7 Å². The summed E-state index contributed by atoms with van der Waals surface area (Å²) < 4.78 is 27.5. The highest BCUT2D eigenvalue weighted by atomic mass is 35.5. The van der Waals surface area contributed by atoms with Crippen molar-refractivity contribution in [3.63, 3.8) is 0 Å². The zero-order chi connectivity index (χ0) is 22.6. The van der Waals surface area contributed by atoms with Crippen molar-refractivity contribution in [3.05, 3.63) is 82.3 Å². The molecule has 0 heterocycles. The maximum atomic E-state index is 12.6. The topological polar surface area (TPSA) is 108 Å². The molecule has 0 saturated carbocycles. The Labute approximate surface area is 190 Å². The molecule has 0 fully saturated rings. The molecule has 0 spiro atoms. The zero-order valence-electron chi connectivity index (χ0n) is 16.3. The van der Waals surface area contributed by atoms with Crippen LogP contribution in [0.2, 0.25) is 10.0 Å². The molecule has 3 aromatic carbocycles. The summed E-state index contributed by atoms with van der Waals surface area (Å²) in [4.78, 5) is 12.2. The van der Waals surface area contributed by atoms with E-state index in [9.17, 15) is 18.3 Å². The van der Waals surface area contributed by atoms with E-state index in [2.05, 4.69) is 15.4 Å². The van der Waals surface area contributed by atoms with Gasteiger partial charge in [0.15, 0.2) is 0 Å². The largest absolute Gasteiger partial charge is 0.389 e. The molecule has 3 aromatic rings. The van der Waals surface area contributed by atoms with Crippen LogP contribution in [0.25, 0.3) is 0 Å². The third-order valence-corrected chi connectivity index (χ3v) is 6.36. The van der Waals surface area contributed by atoms with E-state index in [1.807, 2.05) is 0 Å². The van der Waals surface area contributed by atoms with Gasteiger partial charge in [0.2, 0.25) is 0 Å². The van der Waals surface area contributed by atoms with Gasteiger partial charge in [-0.1, -0.05) is 35.3 Å². The Kier molecular flexibility index (Phi) is 7.07. The predicted octanol–water partition coefficient (Wildman–Crippen LogP) is 5.49. The SMILES string of the molecule is CC(O)c1cccc(NC(=O)Nc2ccc(S(=O)(=O)Nc3ccc(Cl)c(Cl)c3)cc2)c1. The molecule has 0 saturated heterocycles. The highest BCUT2D eigenvalue weighted by Gasteiger charge is 2.15. The molecule has 0 radical (unpaired) electrons. The number of carbonyl (C=O) groups is 1. The Bertz CT molecular complexity index is 1200. The van der Waals surface area contributed by atoms with Crippen molar-refractivity contribution in [2.45, 2.75) is 17.9 Å². The monoisotopic (exact) mass is 479 g/mol. The molecule has 7 nitrogen and oxygen atoms in total. The van der Waals surface area contributed by atoms with Crippen LogP contribution in [0.5, 0.6) is 0 Å². The van der Waals surface area contributed by atoms with Gasteiger partial charge in [-0.3, -0.25) is 4.72 Å². The van der Waals surface area contributed by atoms with Crippen LogP contribution in [0.15, 0.2) is 71.6 Å². The van der Waals surface area contributed by atoms with Crippen LogP contribution in [-0.4, -0.2) is 19.6 Å². The summed E-state index contributed by atoms with van der Waals surface area (Å²) >= 11 is 11.8. The fourth-order valence-corrected chi connectivity index (χ4v) is 4.01. The first kappa shape index (κ1) is 22.9. The number of benzene rings is 3. The smallest absolute Gasteiger partial charge is 0.323 e. The van der Waals surface area contributed by atoms with Crippen LogP contribution in [0.4, 0.5) is 21.9 Å². The summed E-state index contributed by atoms with van der Waals surface area (Å²) in [7, 11) is -3.85. The fourth-order valence-electron chi connectivity index (χ4n) is 2.66. The maximum absolute atomic E-state index is 12.6. The van der Waals surface area contributed by atoms with Crippen LogP contribution in [0, 0.1) is 0 Å². The zero-order valence-corrected chi connectivity index (χ0v) is 18.6. The quantitative estimate of drug-likeness (QED) is 0.374. The standard InChI is InChI=1S/C21H19Cl2N3O4S/c1-13(27)14-3-2-4-16(11-14)25-21(28)24-15-5-8-18(9-6-15)31(29,30)26-17-7-10-19(22)20(23)12-17/h2-13,26-27H,1H3,(H2,24,25,28). The van der Waals surface area contributed by atoms with Gasteiger partial charge in [0, 0.05) is 11.4 Å². The summed E-state index contributed by atoms with van der Waals surface area (Å²) in [5.41, 5.74) is 1.86. The lowest BCUT2D eigenvalue weighted by atomic mass is 10.1. The van der Waals surface area contributed by atoms with E-state index in [1.54, 1.807) is 31.2 Å². The van der Waals surface area contributed by atoms with Gasteiger partial charge in [0.25, 0.3) is 10.0 Å². The summed E-state index contributed by atoms with van der Waals surface area (Å²) in [6.45, 7) is 1.63. The number of amides is 2. The molecule has 3 rings (SSSR count).